The Hall–Kier alpha value is -7.88. The largest absolute Gasteiger partial charge is 0.506 e. The Bertz CT molecular complexity index is 3750. The normalized spacial score (nSPS) is 26.0. The molecule has 4 heterocycles. The lowest BCUT2D eigenvalue weighted by Crippen LogP contribution is -2.36. The predicted molar refractivity (Wildman–Crippen MR) is 354 cm³/mol. The molecule has 2 saturated heterocycles. The molecule has 2 fully saturated rings. The fraction of sp³-hybridized carbons (Fsp3) is 0.500. The van der Waals surface area contributed by atoms with E-state index in [0.717, 1.165) is 83.6 Å². The Balaban J connectivity index is 0.000000213. The van der Waals surface area contributed by atoms with Gasteiger partial charge in [0.2, 0.25) is 35.2 Å². The molecule has 4 amide bonds. The van der Waals surface area contributed by atoms with Crippen LogP contribution in [0, 0.1) is 10.8 Å². The number of nitrogens with zero attached hydrogens (tertiary/aromatic N) is 6. The van der Waals surface area contributed by atoms with Crippen LogP contribution in [0.2, 0.25) is 0 Å². The van der Waals surface area contributed by atoms with Gasteiger partial charge in [-0.05, 0) is 111 Å². The first-order chi connectivity index (χ1) is 41.1. The second-order valence-electron chi connectivity index (χ2n) is 27.8. The van der Waals surface area contributed by atoms with E-state index in [9.17, 15) is 39.0 Å². The van der Waals surface area contributed by atoms with Crippen LogP contribution in [0.1, 0.15) is 184 Å². The number of amides is 4. The molecule has 4 atom stereocenters. The summed E-state index contributed by atoms with van der Waals surface area (Å²) in [6, 6.07) is 8.46. The van der Waals surface area contributed by atoms with E-state index in [1.54, 1.807) is 0 Å². The van der Waals surface area contributed by atoms with Crippen molar-refractivity contribution >= 4 is 80.5 Å². The molecule has 0 radical (unpaired) electrons. The van der Waals surface area contributed by atoms with Crippen LogP contribution in [-0.2, 0) is 39.6 Å². The molecule has 8 aliphatic rings. The third kappa shape index (κ3) is 10.5. The summed E-state index contributed by atoms with van der Waals surface area (Å²) in [5, 5.41) is 29.3. The van der Waals surface area contributed by atoms with E-state index >= 15 is 0 Å². The Kier molecular flexibility index (Phi) is 17.1. The highest BCUT2D eigenvalue weighted by Gasteiger charge is 2.50. The van der Waals surface area contributed by atoms with Crippen molar-refractivity contribution in [2.45, 2.75) is 197 Å². The van der Waals surface area contributed by atoms with Gasteiger partial charge >= 0.3 is 0 Å². The molecule has 2 aromatic carbocycles. The number of rotatable bonds is 12. The van der Waals surface area contributed by atoms with E-state index in [0.29, 0.717) is 57.9 Å². The summed E-state index contributed by atoms with van der Waals surface area (Å²) >= 11 is 0. The molecule has 4 aliphatic heterocycles. The number of nitrogens with one attached hydrogen (secondary N) is 2. The number of benzene rings is 2. The van der Waals surface area contributed by atoms with Gasteiger partial charge in [0.25, 0.3) is 0 Å². The molecule has 2 aromatic rings. The maximum Gasteiger partial charge on any atom is 0.246 e. The summed E-state index contributed by atoms with van der Waals surface area (Å²) < 4.78 is 0. The molecule has 0 bridgehead atoms. The zero-order valence-electron chi connectivity index (χ0n) is 55.6. The maximum absolute atomic E-state index is 14.3. The Morgan fingerprint density at radius 1 is 0.511 bits per heavy atom. The summed E-state index contributed by atoms with van der Waals surface area (Å²) in [6.45, 7) is 32.9. The van der Waals surface area contributed by atoms with Crippen LogP contribution in [0.5, 0.6) is 0 Å². The van der Waals surface area contributed by atoms with Gasteiger partial charge in [0.05, 0.1) is 45.1 Å². The fourth-order valence-corrected chi connectivity index (χ4v) is 14.1. The number of likely N-dealkylation sites (N-methyl/N-ethyl adjacent to an activating group) is 4. The van der Waals surface area contributed by atoms with Crippen molar-refractivity contribution < 1.29 is 39.0 Å². The van der Waals surface area contributed by atoms with E-state index in [1.807, 2.05) is 76.8 Å². The monoisotopic (exact) mass is 1200 g/mol. The molecule has 16 nitrogen and oxygen atoms in total. The highest BCUT2D eigenvalue weighted by Crippen LogP contribution is 2.55. The number of aliphatic hydroxyl groups excluding tert-OH is 2. The SMILES string of the molecule is CC(=O)N=C1C=C2C(=CC1=C1C(=O)C(c3cc4c(cc3NC(C)=O)N(C)C(C)C4(C)C)=C1O)C(C)(C)C(C)N2C.CCCCCC(=O)N=C1C=C2C(=CC1=C1C(=O)C(c3cc4c(cc3NC(=O)CCCCC)N(C)C(C)C4(C)C)=C1O)C(C)(C)C(C)N2C. The minimum absolute atomic E-state index is 0.115. The fourth-order valence-electron chi connectivity index (χ4n) is 14.1. The van der Waals surface area contributed by atoms with Crippen LogP contribution < -0.4 is 20.4 Å². The second kappa shape index (κ2) is 23.2. The third-order valence-electron chi connectivity index (χ3n) is 21.3. The molecule has 4 unspecified atom stereocenters. The molecule has 0 aromatic heterocycles. The van der Waals surface area contributed by atoms with Crippen LogP contribution in [0.25, 0.3) is 11.1 Å². The molecule has 88 heavy (non-hydrogen) atoms. The molecule has 0 spiro atoms. The predicted octanol–water partition coefficient (Wildman–Crippen LogP) is 13.3. The van der Waals surface area contributed by atoms with Gasteiger partial charge in [-0.2, -0.15) is 0 Å². The number of aliphatic hydroxyl groups is 2. The molecule has 16 heteroatoms. The molecule has 0 saturated carbocycles. The third-order valence-corrected chi connectivity index (χ3v) is 21.3. The highest BCUT2D eigenvalue weighted by atomic mass is 16.3. The van der Waals surface area contributed by atoms with Crippen molar-refractivity contribution in [2.75, 3.05) is 48.6 Å². The smallest absolute Gasteiger partial charge is 0.246 e. The van der Waals surface area contributed by atoms with Crippen LogP contribution in [0.15, 0.2) is 115 Å². The quantitative estimate of drug-likeness (QED) is 0.116. The number of likely N-dealkylation sites (tertiary alicyclic amines) is 2. The number of carbonyl (C=O) groups is 6. The van der Waals surface area contributed by atoms with Crippen molar-refractivity contribution in [3.05, 3.63) is 127 Å². The first kappa shape index (κ1) is 64.6. The Labute approximate surface area is 520 Å². The van der Waals surface area contributed by atoms with Gasteiger partial charge in [0.1, 0.15) is 11.5 Å². The molecule has 468 valence electrons. The summed E-state index contributed by atoms with van der Waals surface area (Å²) in [5.74, 6) is -1.98. The zero-order valence-corrected chi connectivity index (χ0v) is 55.6. The van der Waals surface area contributed by atoms with E-state index in [1.165, 1.54) is 13.8 Å². The molecule has 4 aliphatic carbocycles. The summed E-state index contributed by atoms with van der Waals surface area (Å²) in [6.07, 6.45) is 13.7. The average Bonchev–Trinajstić information content (AvgIpc) is 1.17. The van der Waals surface area contributed by atoms with Gasteiger partial charge in [-0.15, -0.1) is 0 Å². The topological polar surface area (TPSA) is 205 Å². The van der Waals surface area contributed by atoms with Crippen LogP contribution in [0.4, 0.5) is 22.7 Å². The van der Waals surface area contributed by atoms with E-state index < -0.39 is 5.91 Å². The zero-order chi connectivity index (χ0) is 64.9. The minimum atomic E-state index is -0.391. The first-order valence-corrected chi connectivity index (χ1v) is 31.5. The van der Waals surface area contributed by atoms with Gasteiger partial charge in [0.15, 0.2) is 0 Å². The van der Waals surface area contributed by atoms with Crippen molar-refractivity contribution in [1.29, 1.82) is 0 Å². The molecular weight excluding hydrogens is 1100 g/mol. The highest BCUT2D eigenvalue weighted by molar-refractivity contribution is 6.43. The van der Waals surface area contributed by atoms with Gasteiger partial charge in [-0.3, -0.25) is 28.8 Å². The lowest BCUT2D eigenvalue weighted by atomic mass is 9.73. The van der Waals surface area contributed by atoms with Crippen molar-refractivity contribution in [2.24, 2.45) is 20.8 Å². The first-order valence-electron chi connectivity index (χ1n) is 31.5. The standard InChI is InChI=1S/C40H54N4O4.C32H38N4O4/c1-11-13-15-17-33(45)41-29-21-31-27(39(5,6)23(3)43(31)9)19-25(29)35-37(47)36(38(35)48)26-20-28-32(44(10)24(4)40(28,7)8)22-30(26)42-34(46)18-16-14-12-2;1-15-31(5,6)21-11-19(23(33-17(3)37)13-25(21)35(15)9)27-29(39)28(30(27)40)20-12-22-26(14-24(20)34-18(4)38)36(10)16(2)32(22,7)8/h19-24,47H,11-18H2,1-10H3,(H,41,45);11-16,39H,1-10H3,(H,33,37). The lowest BCUT2D eigenvalue weighted by molar-refractivity contribution is -0.118. The van der Waals surface area contributed by atoms with Crippen LogP contribution in [-0.4, -0.2) is 119 Å². The van der Waals surface area contributed by atoms with E-state index in [4.69, 9.17) is 0 Å². The molecule has 10 rings (SSSR count). The van der Waals surface area contributed by atoms with E-state index in [-0.39, 0.29) is 109 Å². The number of allylic oxidation sites excluding steroid dienone is 12. The number of hydrogen-bond donors (Lipinski definition) is 4. The number of fused-ring (bicyclic) bond motifs is 4. The molecule has 4 N–H and O–H groups in total. The Morgan fingerprint density at radius 2 is 0.898 bits per heavy atom. The van der Waals surface area contributed by atoms with Gasteiger partial charge < -0.3 is 40.4 Å². The number of hydrogen-bond acceptors (Lipinski definition) is 12. The summed E-state index contributed by atoms with van der Waals surface area (Å²) in [4.78, 5) is 96.1. The number of Topliss-reactive ketones (excluding diaryl/α,β-unsaturated/α-hetero) is 2. The number of aliphatic imine (C=N–C) groups is 2. The van der Waals surface area contributed by atoms with Crippen molar-refractivity contribution in [3.8, 4) is 0 Å². The van der Waals surface area contributed by atoms with Gasteiger partial charge in [-0.25, -0.2) is 9.98 Å². The molecular formula is C72H92N8O8. The average molecular weight is 1200 g/mol. The lowest BCUT2D eigenvalue weighted by Gasteiger charge is -2.30. The second-order valence-corrected chi connectivity index (χ2v) is 27.8. The maximum atomic E-state index is 14.3. The van der Waals surface area contributed by atoms with Crippen molar-refractivity contribution in [3.63, 3.8) is 0 Å². The number of carbonyl (C=O) groups excluding carboxylic acids is 6. The summed E-state index contributed by atoms with van der Waals surface area (Å²) in [7, 11) is 8.10. The van der Waals surface area contributed by atoms with Crippen LogP contribution >= 0.6 is 0 Å². The Morgan fingerprint density at radius 3 is 1.28 bits per heavy atom. The number of unbranched alkanes of at least 4 members (excludes halogenated alkanes) is 4. The summed E-state index contributed by atoms with van der Waals surface area (Å²) in [5.41, 5.74) is 11.4. The van der Waals surface area contributed by atoms with Gasteiger partial charge in [-0.1, -0.05) is 94.9 Å². The number of ketones is 2. The van der Waals surface area contributed by atoms with Crippen LogP contribution in [0.3, 0.4) is 0 Å². The minimum Gasteiger partial charge on any atom is -0.506 e. The van der Waals surface area contributed by atoms with Gasteiger partial charge in [0, 0.05) is 146 Å². The van der Waals surface area contributed by atoms with Crippen molar-refractivity contribution in [1.82, 2.24) is 9.80 Å². The van der Waals surface area contributed by atoms with E-state index in [2.05, 4.69) is 137 Å². The number of anilines is 4.